The third kappa shape index (κ3) is 2.43. The van der Waals surface area contributed by atoms with Crippen LogP contribution < -0.4 is 0 Å². The number of rotatable bonds is 4. The summed E-state index contributed by atoms with van der Waals surface area (Å²) in [6, 6.07) is 8.26. The number of nitrogens with zero attached hydrogens (tertiary/aromatic N) is 4. The van der Waals surface area contributed by atoms with Gasteiger partial charge in [-0.15, -0.1) is 5.10 Å². The minimum Gasteiger partial charge on any atom is -0.394 e. The fourth-order valence-corrected chi connectivity index (χ4v) is 1.51. The van der Waals surface area contributed by atoms with Gasteiger partial charge < -0.3 is 5.11 Å². The molecule has 0 atom stereocenters. The van der Waals surface area contributed by atoms with Crippen LogP contribution in [0.3, 0.4) is 0 Å². The monoisotopic (exact) mass is 218 g/mol. The number of hydrogen-bond donors (Lipinski definition) is 1. The molecule has 2 rings (SSSR count). The SMILES string of the molecule is Cc1ccc(Cc2nnnn2CCO)cc1. The molecule has 5 heteroatoms. The van der Waals surface area contributed by atoms with Crippen LogP contribution >= 0.6 is 0 Å². The molecule has 0 unspecified atom stereocenters. The van der Waals surface area contributed by atoms with Crippen molar-refractivity contribution in [3.8, 4) is 0 Å². The second-order valence-corrected chi connectivity index (χ2v) is 3.70. The molecular weight excluding hydrogens is 204 g/mol. The van der Waals surface area contributed by atoms with E-state index < -0.39 is 0 Å². The summed E-state index contributed by atoms with van der Waals surface area (Å²) in [4.78, 5) is 0. The maximum absolute atomic E-state index is 8.85. The first-order chi connectivity index (χ1) is 7.79. The summed E-state index contributed by atoms with van der Waals surface area (Å²) in [5.74, 6) is 0.776. The maximum atomic E-state index is 8.85. The molecule has 16 heavy (non-hydrogen) atoms. The molecule has 2 aromatic rings. The van der Waals surface area contributed by atoms with Crippen LogP contribution in [0.4, 0.5) is 0 Å². The Morgan fingerprint density at radius 3 is 2.69 bits per heavy atom. The van der Waals surface area contributed by atoms with Crippen LogP contribution in [0.1, 0.15) is 17.0 Å². The standard InChI is InChI=1S/C11H14N4O/c1-9-2-4-10(5-3-9)8-11-12-13-14-15(11)6-7-16/h2-5,16H,6-8H2,1H3. The van der Waals surface area contributed by atoms with Crippen molar-refractivity contribution in [2.45, 2.75) is 19.9 Å². The predicted molar refractivity (Wildman–Crippen MR) is 58.9 cm³/mol. The first-order valence-electron chi connectivity index (χ1n) is 5.21. The smallest absolute Gasteiger partial charge is 0.155 e. The second-order valence-electron chi connectivity index (χ2n) is 3.70. The summed E-state index contributed by atoms with van der Waals surface area (Å²) in [6.07, 6.45) is 0.688. The first-order valence-corrected chi connectivity index (χ1v) is 5.21. The van der Waals surface area contributed by atoms with E-state index in [0.29, 0.717) is 13.0 Å². The molecule has 5 nitrogen and oxygen atoms in total. The lowest BCUT2D eigenvalue weighted by molar-refractivity contribution is 0.266. The average molecular weight is 218 g/mol. The highest BCUT2D eigenvalue weighted by Crippen LogP contribution is 2.07. The fourth-order valence-electron chi connectivity index (χ4n) is 1.51. The molecule has 0 radical (unpaired) electrons. The molecule has 0 fully saturated rings. The van der Waals surface area contributed by atoms with E-state index in [2.05, 4.69) is 46.7 Å². The van der Waals surface area contributed by atoms with Crippen LogP contribution in [0.15, 0.2) is 24.3 Å². The van der Waals surface area contributed by atoms with Gasteiger partial charge in [-0.1, -0.05) is 29.8 Å². The van der Waals surface area contributed by atoms with Crippen molar-refractivity contribution in [3.05, 3.63) is 41.2 Å². The Labute approximate surface area is 93.7 Å². The molecular formula is C11H14N4O. The molecule has 0 spiro atoms. The van der Waals surface area contributed by atoms with Crippen molar-refractivity contribution >= 4 is 0 Å². The minimum atomic E-state index is 0.0476. The van der Waals surface area contributed by atoms with Gasteiger partial charge in [-0.3, -0.25) is 0 Å². The Morgan fingerprint density at radius 1 is 1.25 bits per heavy atom. The minimum absolute atomic E-state index is 0.0476. The third-order valence-corrected chi connectivity index (χ3v) is 2.40. The van der Waals surface area contributed by atoms with Gasteiger partial charge >= 0.3 is 0 Å². The van der Waals surface area contributed by atoms with E-state index in [9.17, 15) is 0 Å². The molecule has 84 valence electrons. The molecule has 1 aromatic carbocycles. The van der Waals surface area contributed by atoms with Crippen molar-refractivity contribution in [1.29, 1.82) is 0 Å². The van der Waals surface area contributed by atoms with Gasteiger partial charge in [0.2, 0.25) is 0 Å². The summed E-state index contributed by atoms with van der Waals surface area (Å²) >= 11 is 0. The number of benzene rings is 1. The van der Waals surface area contributed by atoms with Gasteiger partial charge in [0.15, 0.2) is 5.82 Å². The second kappa shape index (κ2) is 4.85. The molecule has 0 saturated carbocycles. The van der Waals surface area contributed by atoms with Crippen molar-refractivity contribution in [3.63, 3.8) is 0 Å². The van der Waals surface area contributed by atoms with Crippen LogP contribution in [0.5, 0.6) is 0 Å². The van der Waals surface area contributed by atoms with Crippen LogP contribution in [0, 0.1) is 6.92 Å². The van der Waals surface area contributed by atoms with E-state index in [0.717, 1.165) is 5.82 Å². The molecule has 1 N–H and O–H groups in total. The van der Waals surface area contributed by atoms with Gasteiger partial charge in [0.05, 0.1) is 13.2 Å². The zero-order chi connectivity index (χ0) is 11.4. The van der Waals surface area contributed by atoms with Crippen LogP contribution in [-0.4, -0.2) is 31.9 Å². The van der Waals surface area contributed by atoms with Crippen molar-refractivity contribution in [2.75, 3.05) is 6.61 Å². The molecule has 0 aliphatic heterocycles. The quantitative estimate of drug-likeness (QED) is 0.814. The summed E-state index contributed by atoms with van der Waals surface area (Å²) in [7, 11) is 0. The van der Waals surface area contributed by atoms with Crippen molar-refractivity contribution in [2.24, 2.45) is 0 Å². The zero-order valence-corrected chi connectivity index (χ0v) is 9.17. The van der Waals surface area contributed by atoms with Gasteiger partial charge in [-0.25, -0.2) is 4.68 Å². The third-order valence-electron chi connectivity index (χ3n) is 2.40. The molecule has 0 saturated heterocycles. The lowest BCUT2D eigenvalue weighted by atomic mass is 10.1. The maximum Gasteiger partial charge on any atom is 0.155 e. The largest absolute Gasteiger partial charge is 0.394 e. The number of aliphatic hydroxyl groups is 1. The van der Waals surface area contributed by atoms with E-state index >= 15 is 0 Å². The van der Waals surface area contributed by atoms with Gasteiger partial charge in [0.1, 0.15) is 0 Å². The highest BCUT2D eigenvalue weighted by Gasteiger charge is 2.05. The normalized spacial score (nSPS) is 10.6. The number of aryl methyl sites for hydroxylation is 1. The summed E-state index contributed by atoms with van der Waals surface area (Å²) in [6.45, 7) is 2.54. The van der Waals surface area contributed by atoms with Gasteiger partial charge in [-0.2, -0.15) is 0 Å². The van der Waals surface area contributed by atoms with Gasteiger partial charge in [-0.05, 0) is 22.9 Å². The lowest BCUT2D eigenvalue weighted by Crippen LogP contribution is -2.09. The van der Waals surface area contributed by atoms with E-state index in [1.807, 2.05) is 0 Å². The van der Waals surface area contributed by atoms with Crippen LogP contribution in [0.2, 0.25) is 0 Å². The topological polar surface area (TPSA) is 63.8 Å². The molecule has 1 heterocycles. The average Bonchev–Trinajstić information content (AvgIpc) is 2.70. The van der Waals surface area contributed by atoms with Gasteiger partial charge in [0.25, 0.3) is 0 Å². The van der Waals surface area contributed by atoms with E-state index in [1.165, 1.54) is 11.1 Å². The summed E-state index contributed by atoms with van der Waals surface area (Å²) in [5.41, 5.74) is 2.40. The van der Waals surface area contributed by atoms with E-state index in [-0.39, 0.29) is 6.61 Å². The van der Waals surface area contributed by atoms with E-state index in [1.54, 1.807) is 4.68 Å². The highest BCUT2D eigenvalue weighted by molar-refractivity contribution is 5.23. The Bertz CT molecular complexity index is 449. The number of hydrogen-bond acceptors (Lipinski definition) is 4. The Morgan fingerprint density at radius 2 is 2.00 bits per heavy atom. The molecule has 0 amide bonds. The Kier molecular flexibility index (Phi) is 3.26. The van der Waals surface area contributed by atoms with Crippen LogP contribution in [-0.2, 0) is 13.0 Å². The van der Waals surface area contributed by atoms with Crippen LogP contribution in [0.25, 0.3) is 0 Å². The van der Waals surface area contributed by atoms with Crippen molar-refractivity contribution in [1.82, 2.24) is 20.2 Å². The number of tetrazole rings is 1. The molecule has 1 aromatic heterocycles. The number of aromatic nitrogens is 4. The summed E-state index contributed by atoms with van der Waals surface area (Å²) in [5, 5.41) is 20.2. The molecule has 0 aliphatic rings. The lowest BCUT2D eigenvalue weighted by Gasteiger charge is -2.02. The highest BCUT2D eigenvalue weighted by atomic mass is 16.3. The van der Waals surface area contributed by atoms with Gasteiger partial charge in [0, 0.05) is 6.42 Å². The predicted octanol–water partition coefficient (Wildman–Crippen LogP) is 0.565. The Hall–Kier alpha value is -1.75. The zero-order valence-electron chi connectivity index (χ0n) is 9.17. The van der Waals surface area contributed by atoms with Crippen molar-refractivity contribution < 1.29 is 5.11 Å². The molecule has 0 aliphatic carbocycles. The molecule has 0 bridgehead atoms. The fraction of sp³-hybridized carbons (Fsp3) is 0.364. The summed E-state index contributed by atoms with van der Waals surface area (Å²) < 4.78 is 1.62. The Balaban J connectivity index is 2.13. The first kappa shape index (κ1) is 10.8. The number of aliphatic hydroxyl groups excluding tert-OH is 1. The van der Waals surface area contributed by atoms with E-state index in [4.69, 9.17) is 5.11 Å².